The summed E-state index contributed by atoms with van der Waals surface area (Å²) in [6.07, 6.45) is 5.49. The number of rotatable bonds is 1. The van der Waals surface area contributed by atoms with Crippen LogP contribution in [-0.4, -0.2) is 20.7 Å². The van der Waals surface area contributed by atoms with E-state index in [1.54, 1.807) is 0 Å². The molecule has 2 radical (unpaired) electrons. The van der Waals surface area contributed by atoms with Crippen molar-refractivity contribution in [3.63, 3.8) is 0 Å². The van der Waals surface area contributed by atoms with E-state index < -0.39 is 0 Å². The third-order valence-corrected chi connectivity index (χ3v) is 2.48. The fourth-order valence-electron chi connectivity index (χ4n) is 1.05. The van der Waals surface area contributed by atoms with Crippen molar-refractivity contribution in [1.29, 1.82) is 0 Å². The lowest BCUT2D eigenvalue weighted by Gasteiger charge is -1.96. The van der Waals surface area contributed by atoms with Gasteiger partial charge in [-0.3, -0.25) is 0 Å². The van der Waals surface area contributed by atoms with Gasteiger partial charge in [-0.25, -0.2) is 0 Å². The minimum absolute atomic E-state index is 0.211. The Balaban J connectivity index is 0.000000236. The van der Waals surface area contributed by atoms with Gasteiger partial charge in [-0.2, -0.15) is 9.59 Å². The van der Waals surface area contributed by atoms with Crippen LogP contribution in [0.15, 0.2) is 0 Å². The van der Waals surface area contributed by atoms with E-state index in [0.29, 0.717) is 5.54 Å². The minimum atomic E-state index is 0.211. The number of hydrogen-bond acceptors (Lipinski definition) is 3. The van der Waals surface area contributed by atoms with Crippen LogP contribution in [-0.2, 0) is 9.59 Å². The summed E-state index contributed by atoms with van der Waals surface area (Å²) < 4.78 is 0. The standard InChI is InChI=1S/C5H10OSi.CO2/c6-7-5-3-1-2-4-5;2-1-3/h5-6H,1-4H2;. The normalized spacial score (nSPS) is 17.3. The smallest absolute Gasteiger partial charge is 0.373 e. The fourth-order valence-corrected chi connectivity index (χ4v) is 1.72. The Bertz CT molecular complexity index is 104. The van der Waals surface area contributed by atoms with Crippen LogP contribution in [0.3, 0.4) is 0 Å². The number of hydrogen-bond donors (Lipinski definition) is 1. The minimum Gasteiger partial charge on any atom is -0.431 e. The molecule has 1 saturated carbocycles. The molecule has 1 aliphatic rings. The monoisotopic (exact) mass is 158 g/mol. The third-order valence-electron chi connectivity index (χ3n) is 1.54. The van der Waals surface area contributed by atoms with Crippen molar-refractivity contribution in [1.82, 2.24) is 0 Å². The van der Waals surface area contributed by atoms with E-state index in [1.165, 1.54) is 25.7 Å². The van der Waals surface area contributed by atoms with Crippen molar-refractivity contribution in [2.45, 2.75) is 31.2 Å². The van der Waals surface area contributed by atoms with Crippen molar-refractivity contribution in [3.8, 4) is 0 Å². The molecule has 0 aromatic rings. The van der Waals surface area contributed by atoms with Crippen LogP contribution < -0.4 is 0 Å². The summed E-state index contributed by atoms with van der Waals surface area (Å²) >= 11 is 0. The first-order valence-corrected chi connectivity index (χ1v) is 4.26. The van der Waals surface area contributed by atoms with Crippen LogP contribution in [0, 0.1) is 0 Å². The van der Waals surface area contributed by atoms with Crippen molar-refractivity contribution in [2.24, 2.45) is 0 Å². The molecule has 0 spiro atoms. The van der Waals surface area contributed by atoms with Gasteiger partial charge in [0.15, 0.2) is 0 Å². The average Bonchev–Trinajstić information content (AvgIpc) is 2.39. The molecular formula is C6H10O3Si. The first-order chi connectivity index (χ1) is 4.85. The molecule has 1 rings (SSSR count). The zero-order chi connectivity index (χ0) is 7.82. The summed E-state index contributed by atoms with van der Waals surface area (Å²) in [5.74, 6) is 0. The molecule has 0 amide bonds. The molecule has 1 fully saturated rings. The highest BCUT2D eigenvalue weighted by Gasteiger charge is 2.13. The van der Waals surface area contributed by atoms with Gasteiger partial charge in [-0.15, -0.1) is 0 Å². The van der Waals surface area contributed by atoms with E-state index in [2.05, 4.69) is 0 Å². The van der Waals surface area contributed by atoms with Gasteiger partial charge in [-0.05, 0) is 5.54 Å². The molecule has 0 heterocycles. The lowest BCUT2D eigenvalue weighted by Crippen LogP contribution is -1.95. The second-order valence-electron chi connectivity index (χ2n) is 2.19. The highest BCUT2D eigenvalue weighted by molar-refractivity contribution is 6.27. The fraction of sp³-hybridized carbons (Fsp3) is 0.833. The van der Waals surface area contributed by atoms with Gasteiger partial charge >= 0.3 is 6.15 Å². The van der Waals surface area contributed by atoms with Gasteiger partial charge < -0.3 is 4.80 Å². The van der Waals surface area contributed by atoms with Gasteiger partial charge in [0.1, 0.15) is 0 Å². The van der Waals surface area contributed by atoms with Gasteiger partial charge in [0.2, 0.25) is 9.76 Å². The molecule has 0 aromatic carbocycles. The summed E-state index contributed by atoms with van der Waals surface area (Å²) in [6, 6.07) is 0. The van der Waals surface area contributed by atoms with E-state index in [0.717, 1.165) is 0 Å². The SMILES string of the molecule is O=C=O.O[Si]C1CCCC1. The molecule has 3 nitrogen and oxygen atoms in total. The van der Waals surface area contributed by atoms with E-state index in [9.17, 15) is 0 Å². The molecule has 10 heavy (non-hydrogen) atoms. The van der Waals surface area contributed by atoms with E-state index >= 15 is 0 Å². The van der Waals surface area contributed by atoms with Gasteiger partial charge in [0, 0.05) is 0 Å². The largest absolute Gasteiger partial charge is 0.431 e. The van der Waals surface area contributed by atoms with Crippen molar-refractivity contribution in [3.05, 3.63) is 0 Å². The average molecular weight is 158 g/mol. The molecule has 1 N–H and O–H groups in total. The Kier molecular flexibility index (Phi) is 6.38. The molecule has 0 saturated heterocycles. The summed E-state index contributed by atoms with van der Waals surface area (Å²) in [7, 11) is 0.211. The van der Waals surface area contributed by atoms with Crippen LogP contribution in [0.25, 0.3) is 0 Å². The maximum atomic E-state index is 8.59. The Morgan fingerprint density at radius 2 is 1.70 bits per heavy atom. The summed E-state index contributed by atoms with van der Waals surface area (Å²) in [5.41, 5.74) is 0.681. The maximum Gasteiger partial charge on any atom is 0.373 e. The van der Waals surface area contributed by atoms with E-state index in [4.69, 9.17) is 14.4 Å². The Labute approximate surface area is 62.4 Å². The van der Waals surface area contributed by atoms with E-state index in [-0.39, 0.29) is 15.9 Å². The summed E-state index contributed by atoms with van der Waals surface area (Å²) in [4.78, 5) is 24.8. The molecular weight excluding hydrogens is 148 g/mol. The van der Waals surface area contributed by atoms with Crippen molar-refractivity contribution < 1.29 is 14.4 Å². The lowest BCUT2D eigenvalue weighted by atomic mass is 10.4. The zero-order valence-electron chi connectivity index (χ0n) is 5.67. The first kappa shape index (κ1) is 9.56. The Morgan fingerprint density at radius 3 is 1.90 bits per heavy atom. The second kappa shape index (κ2) is 6.67. The molecule has 0 aliphatic heterocycles. The lowest BCUT2D eigenvalue weighted by molar-refractivity contribution is -0.191. The molecule has 0 aromatic heterocycles. The van der Waals surface area contributed by atoms with Gasteiger partial charge in [-0.1, -0.05) is 25.7 Å². The van der Waals surface area contributed by atoms with Crippen LogP contribution in [0.1, 0.15) is 25.7 Å². The molecule has 4 heteroatoms. The molecule has 0 bridgehead atoms. The topological polar surface area (TPSA) is 54.4 Å². The van der Waals surface area contributed by atoms with Crippen LogP contribution in [0.4, 0.5) is 0 Å². The molecule has 0 unspecified atom stereocenters. The zero-order valence-corrected chi connectivity index (χ0v) is 6.67. The van der Waals surface area contributed by atoms with Gasteiger partial charge in [0.25, 0.3) is 0 Å². The highest BCUT2D eigenvalue weighted by atomic mass is 28.2. The predicted molar refractivity (Wildman–Crippen MR) is 35.2 cm³/mol. The van der Waals surface area contributed by atoms with Crippen molar-refractivity contribution >= 4 is 15.9 Å². The first-order valence-electron chi connectivity index (χ1n) is 3.24. The van der Waals surface area contributed by atoms with Crippen molar-refractivity contribution in [2.75, 3.05) is 0 Å². The maximum absolute atomic E-state index is 8.59. The van der Waals surface area contributed by atoms with Gasteiger partial charge in [0.05, 0.1) is 0 Å². The third kappa shape index (κ3) is 4.44. The molecule has 0 atom stereocenters. The molecule has 1 aliphatic carbocycles. The molecule has 56 valence electrons. The second-order valence-corrected chi connectivity index (χ2v) is 3.27. The Morgan fingerprint density at radius 1 is 1.30 bits per heavy atom. The van der Waals surface area contributed by atoms with Crippen LogP contribution in [0.5, 0.6) is 0 Å². The summed E-state index contributed by atoms with van der Waals surface area (Å²) in [5, 5.41) is 0. The quantitative estimate of drug-likeness (QED) is 0.561. The van der Waals surface area contributed by atoms with Crippen LogP contribution >= 0.6 is 0 Å². The highest BCUT2D eigenvalue weighted by Crippen LogP contribution is 2.27. The number of carbonyl (C=O) groups excluding carboxylic acids is 2. The summed E-state index contributed by atoms with van der Waals surface area (Å²) in [6.45, 7) is 0. The van der Waals surface area contributed by atoms with Crippen LogP contribution in [0.2, 0.25) is 5.54 Å². The predicted octanol–water partition coefficient (Wildman–Crippen LogP) is 0.377. The van der Waals surface area contributed by atoms with E-state index in [1.807, 2.05) is 0 Å². The Hall–Kier alpha value is -0.443.